The number of nitrogens with one attached hydrogen (secondary N) is 13. The smallest absolute Gasteiger partial charge is 0.305 e. The number of likely N-dealkylation sites (N-methyl/N-ethyl adjacent to an activating group) is 3. The van der Waals surface area contributed by atoms with E-state index in [2.05, 4.69) is 73.1 Å². The molecular formula is C92H128N22O22S. The minimum absolute atomic E-state index is 0.0456. The van der Waals surface area contributed by atoms with Crippen LogP contribution in [0.5, 0.6) is 5.75 Å². The van der Waals surface area contributed by atoms with Crippen molar-refractivity contribution in [2.24, 2.45) is 17.2 Å². The minimum Gasteiger partial charge on any atom is -0.508 e. The predicted octanol–water partition coefficient (Wildman–Crippen LogP) is -1.90. The molecule has 1 unspecified atom stereocenters. The van der Waals surface area contributed by atoms with Crippen LogP contribution in [0.15, 0.2) is 97.7 Å². The molecule has 44 nitrogen and oxygen atoms in total. The largest absolute Gasteiger partial charge is 0.508 e. The molecule has 6 aromatic rings. The van der Waals surface area contributed by atoms with Gasteiger partial charge in [0.2, 0.25) is 94.5 Å². The first-order valence-corrected chi connectivity index (χ1v) is 47.2. The molecule has 3 aromatic carbocycles. The lowest BCUT2D eigenvalue weighted by Crippen LogP contribution is -2.61. The van der Waals surface area contributed by atoms with Gasteiger partial charge in [0.25, 0.3) is 0 Å². The number of aliphatic hydroxyl groups is 1. The number of aromatic amines is 3. The van der Waals surface area contributed by atoms with Crippen molar-refractivity contribution in [2.75, 3.05) is 65.4 Å². The number of aliphatic hydroxyl groups excluding tert-OH is 1. The molecule has 3 aliphatic rings. The first-order valence-electron chi connectivity index (χ1n) is 46.1. The first kappa shape index (κ1) is 107. The molecule has 9 rings (SSSR count). The van der Waals surface area contributed by atoms with Gasteiger partial charge in [0, 0.05) is 125 Å². The number of nitrogens with two attached hydrogens (primary N) is 3. The van der Waals surface area contributed by atoms with Crippen molar-refractivity contribution in [3.05, 3.63) is 120 Å². The molecule has 0 spiro atoms. The zero-order valence-corrected chi connectivity index (χ0v) is 78.5. The molecule has 0 bridgehead atoms. The van der Waals surface area contributed by atoms with Gasteiger partial charge in [-0.25, -0.2) is 4.98 Å². The number of aromatic nitrogens is 4. The number of carboxylic acids is 2. The number of benzene rings is 3. The van der Waals surface area contributed by atoms with Crippen molar-refractivity contribution < 1.29 is 107 Å². The summed E-state index contributed by atoms with van der Waals surface area (Å²) in [6.45, 7) is 3.64. The van der Waals surface area contributed by atoms with Crippen molar-refractivity contribution in [3.63, 3.8) is 0 Å². The lowest BCUT2D eigenvalue weighted by Gasteiger charge is -2.36. The number of thioether (sulfide) groups is 1. The summed E-state index contributed by atoms with van der Waals surface area (Å²) in [5.41, 5.74) is 20.4. The Morgan fingerprint density at radius 3 is 1.64 bits per heavy atom. The number of aliphatic carboxylic acids is 2. The summed E-state index contributed by atoms with van der Waals surface area (Å²) >= 11 is 0.702. The predicted molar refractivity (Wildman–Crippen MR) is 501 cm³/mol. The molecule has 744 valence electrons. The fourth-order valence-corrected chi connectivity index (χ4v) is 17.9. The Balaban J connectivity index is 1.11. The van der Waals surface area contributed by atoms with Crippen LogP contribution in [-0.2, 0) is 112 Å². The number of rotatable bonds is 29. The van der Waals surface area contributed by atoms with Gasteiger partial charge < -0.3 is 130 Å². The molecule has 23 N–H and O–H groups in total. The molecule has 16 amide bonds. The average Bonchev–Trinajstić information content (AvgIpc) is 1.74. The highest BCUT2D eigenvalue weighted by atomic mass is 32.2. The molecule has 137 heavy (non-hydrogen) atoms. The Bertz CT molecular complexity index is 5250. The van der Waals surface area contributed by atoms with E-state index in [9.17, 15) is 68.4 Å². The lowest BCUT2D eigenvalue weighted by atomic mass is 9.99. The van der Waals surface area contributed by atoms with Gasteiger partial charge in [0.05, 0.1) is 31.1 Å². The SMILES string of the molecule is CCCC[C@H]1C(=O)N[C@@H](CCC(=O)O)C(=O)N[C@H](C(=O)NCC(N)=O)CSCC(=O)N[C@@H](Cc2ccc(O)cc2)C(=O)N(C)[C@@H](C)C(=O)NC(CC(=O)O)C(=O)N2CCC[C@H]2C(=O)N[C@@H](Cc2cnc[nH]2)C(=O)N[C@@H](CCCCN)C(=O)N2C[C@H](O)C[C@H]2C(=O)N[C@@H](Cc2c[nH]c3ccccc23)C(=O)N[C@@H](CCCCN)C(=O)N[C@@H](Cc2c[nH]c3ccccc23)C(=O)N(C)[C@@H](CCC)C(=O)N1C. The fourth-order valence-electron chi connectivity index (χ4n) is 17.0. The second kappa shape index (κ2) is 51.9. The third kappa shape index (κ3) is 30.2. The monoisotopic (exact) mass is 1920 g/mol. The second-order valence-electron chi connectivity index (χ2n) is 34.8. The number of H-pyrrole nitrogens is 3. The van der Waals surface area contributed by atoms with Crippen molar-refractivity contribution >= 4 is 140 Å². The number of carboxylic acid groups (broad SMARTS) is 2. The first-order chi connectivity index (χ1) is 65.4. The fraction of sp³-hybridized carbons (Fsp3) is 0.533. The molecule has 15 atom stereocenters. The number of unbranched alkanes of at least 4 members (excludes halogenated alkanes) is 3. The summed E-state index contributed by atoms with van der Waals surface area (Å²) < 4.78 is 0. The number of fused-ring (bicyclic) bond motifs is 4. The molecule has 3 fully saturated rings. The highest BCUT2D eigenvalue weighted by molar-refractivity contribution is 8.00. The number of carbonyl (C=O) groups is 18. The molecular weight excluding hydrogens is 1800 g/mol. The number of aromatic hydroxyl groups is 1. The third-order valence-electron chi connectivity index (χ3n) is 24.7. The lowest BCUT2D eigenvalue weighted by molar-refractivity contribution is -0.149. The van der Waals surface area contributed by atoms with Crippen LogP contribution in [0.4, 0.5) is 0 Å². The van der Waals surface area contributed by atoms with Crippen LogP contribution < -0.4 is 70.4 Å². The molecule has 3 aliphatic heterocycles. The number of para-hydroxylation sites is 2. The zero-order chi connectivity index (χ0) is 99.9. The third-order valence-corrected chi connectivity index (χ3v) is 25.7. The van der Waals surface area contributed by atoms with Crippen LogP contribution in [0.2, 0.25) is 0 Å². The Labute approximate surface area is 795 Å². The maximum atomic E-state index is 15.8. The van der Waals surface area contributed by atoms with E-state index in [1.54, 1.807) is 74.8 Å². The van der Waals surface area contributed by atoms with Crippen LogP contribution in [-0.4, -0.2) is 327 Å². The van der Waals surface area contributed by atoms with E-state index < -0.39 is 247 Å². The number of imidazole rings is 1. The maximum absolute atomic E-state index is 15.8. The number of primary amides is 1. The average molecular weight is 1930 g/mol. The van der Waals surface area contributed by atoms with Crippen LogP contribution >= 0.6 is 11.8 Å². The number of hydrogen-bond donors (Lipinski definition) is 20. The van der Waals surface area contributed by atoms with Crippen LogP contribution in [0, 0.1) is 0 Å². The van der Waals surface area contributed by atoms with E-state index >= 15 is 38.4 Å². The summed E-state index contributed by atoms with van der Waals surface area (Å²) in [5, 5.41) is 69.8. The molecule has 45 heteroatoms. The van der Waals surface area contributed by atoms with Crippen LogP contribution in [0.1, 0.15) is 152 Å². The van der Waals surface area contributed by atoms with Gasteiger partial charge in [-0.15, -0.1) is 11.8 Å². The minimum atomic E-state index is -1.92. The number of phenolic OH excluding ortho intramolecular Hbond substituents is 1. The number of hydrogen-bond acceptors (Lipinski definition) is 24. The number of amides is 16. The van der Waals surface area contributed by atoms with E-state index in [-0.39, 0.29) is 115 Å². The van der Waals surface area contributed by atoms with Gasteiger partial charge in [-0.3, -0.25) is 86.3 Å². The molecule has 0 radical (unpaired) electrons. The van der Waals surface area contributed by atoms with E-state index in [0.717, 1.165) is 24.5 Å². The van der Waals surface area contributed by atoms with Crippen LogP contribution in [0.25, 0.3) is 21.8 Å². The zero-order valence-electron chi connectivity index (χ0n) is 77.7. The Morgan fingerprint density at radius 2 is 1.04 bits per heavy atom. The topological polar surface area (TPSA) is 663 Å². The highest BCUT2D eigenvalue weighted by Gasteiger charge is 2.47. The summed E-state index contributed by atoms with van der Waals surface area (Å²) in [4.78, 5) is 282. The molecule has 6 heterocycles. The maximum Gasteiger partial charge on any atom is 0.305 e. The van der Waals surface area contributed by atoms with E-state index in [1.807, 2.05) is 0 Å². The van der Waals surface area contributed by atoms with Gasteiger partial charge >= 0.3 is 11.9 Å². The number of carbonyl (C=O) groups excluding carboxylic acids is 16. The van der Waals surface area contributed by atoms with Crippen molar-refractivity contribution in [1.29, 1.82) is 0 Å². The summed E-state index contributed by atoms with van der Waals surface area (Å²) in [7, 11) is 3.82. The summed E-state index contributed by atoms with van der Waals surface area (Å²) in [6.07, 6.45) is 2.39. The van der Waals surface area contributed by atoms with E-state index in [4.69, 9.17) is 17.2 Å². The molecule has 0 saturated carbocycles. The highest BCUT2D eigenvalue weighted by Crippen LogP contribution is 2.28. The number of nitrogens with zero attached hydrogens (tertiary/aromatic N) is 6. The Hall–Kier alpha value is -13.6. The second-order valence-corrected chi connectivity index (χ2v) is 35.8. The Morgan fingerprint density at radius 1 is 0.511 bits per heavy atom. The van der Waals surface area contributed by atoms with E-state index in [1.165, 1.54) is 64.9 Å². The quantitative estimate of drug-likeness (QED) is 0.0228. The van der Waals surface area contributed by atoms with Crippen molar-refractivity contribution in [3.8, 4) is 5.75 Å². The van der Waals surface area contributed by atoms with Crippen molar-refractivity contribution in [2.45, 2.75) is 246 Å². The van der Waals surface area contributed by atoms with Gasteiger partial charge in [-0.1, -0.05) is 81.6 Å². The molecule has 3 aromatic heterocycles. The van der Waals surface area contributed by atoms with Gasteiger partial charge in [0.1, 0.15) is 90.3 Å². The standard InChI is InChI=1S/C92H128N22O22S/c1-7-9-26-71-85(129)103-63(32-33-77(119)120)82(126)109-70(80(124)99-46-75(95)117)48-137-49-76(118)101-67(37-52-28-30-56(115)31-29-52)88(132)110(4)51(3)79(123)107-69(42-78(121)122)91(135)113-36-18-27-72(113)86(130)106-66(40-55-45-96-50-100-55)84(128)104-64(25-15-17-35-94)90(134)114-47-57(116)41-74(114)87(131)105-65(38-53-43-97-60-22-12-10-20-58(53)60)83(127)102-62(24-14-16-34-93)81(125)108-68(39-54-44-98-61-23-13-11-21-59(54)61)89(133)112(6)73(19-8-2)92(136)111(71)5/h10-13,20-23,28-31,43-45,50-51,57,62-74,97-98,115-116H,7-9,14-19,24-27,32-42,46-49,93-94H2,1-6H3,(H2,95,117)(H,96,100)(H,99,124)(H,101,118)(H,102,127)(H,103,129)(H,104,128)(H,105,131)(H,106,130)(H,107,123)(H,108,125)(H,109,126)(H,119,120)(H,121,122)/t51-,57+,62-,63-,64-,65-,66-,67-,68-,69?,70-,71-,72-,73-,74-/m0/s1. The Kier molecular flexibility index (Phi) is 40.6. The van der Waals surface area contributed by atoms with Gasteiger partial charge in [-0.2, -0.15) is 0 Å². The summed E-state index contributed by atoms with van der Waals surface area (Å²) in [6, 6.07) is -2.50. The van der Waals surface area contributed by atoms with Crippen LogP contribution in [0.3, 0.4) is 0 Å². The molecule has 3 saturated heterocycles. The van der Waals surface area contributed by atoms with E-state index in [0.29, 0.717) is 75.2 Å². The normalized spacial score (nSPS) is 24.6. The summed E-state index contributed by atoms with van der Waals surface area (Å²) in [5.74, 6) is -19.7. The van der Waals surface area contributed by atoms with Gasteiger partial charge in [-0.05, 0) is 132 Å². The van der Waals surface area contributed by atoms with Crippen molar-refractivity contribution in [1.82, 2.24) is 97.6 Å². The molecule has 0 aliphatic carbocycles. The number of phenols is 1. The van der Waals surface area contributed by atoms with Gasteiger partial charge in [0.15, 0.2) is 0 Å².